The maximum atomic E-state index is 9.90. The van der Waals surface area contributed by atoms with Crippen molar-refractivity contribution in [2.24, 2.45) is 0 Å². The number of nitrogens with two attached hydrogens (primary N) is 1. The number of aromatic hydroxyl groups is 1. The molecule has 2 aromatic rings. The Morgan fingerprint density at radius 1 is 1.29 bits per heavy atom. The van der Waals surface area contributed by atoms with Crippen LogP contribution in [0.3, 0.4) is 0 Å². The van der Waals surface area contributed by atoms with Gasteiger partial charge in [-0.25, -0.2) is 0 Å². The second kappa shape index (κ2) is 7.87. The number of hydrogen-bond acceptors (Lipinski definition) is 13. The summed E-state index contributed by atoms with van der Waals surface area (Å²) < 4.78 is 22.3. The molecule has 5 rings (SSSR count). The first kappa shape index (κ1) is 20.9. The SMILES string of the molecule is COC1C(N2c3ncnc(N)c3NC2Sc2ccc(O)cc2)O[C@@H]2CO[PH](O)(O)O[C@@H]12. The Kier molecular flexibility index (Phi) is 5.31. The first-order chi connectivity index (χ1) is 14.9. The Balaban J connectivity index is 1.49. The molecule has 3 aliphatic rings. The molecule has 168 valence electrons. The Hall–Kier alpha value is -1.96. The van der Waals surface area contributed by atoms with Gasteiger partial charge >= 0.3 is 182 Å². The first-order valence-electron chi connectivity index (χ1n) is 9.42. The Morgan fingerprint density at radius 2 is 2.06 bits per heavy atom. The number of nitrogens with zero attached hydrogens (tertiary/aromatic N) is 3. The summed E-state index contributed by atoms with van der Waals surface area (Å²) in [5.74, 6) is 0.969. The van der Waals surface area contributed by atoms with Crippen molar-refractivity contribution in [3.8, 4) is 5.75 Å². The molecule has 2 saturated heterocycles. The number of nitrogen functional groups attached to an aromatic ring is 1. The molecule has 0 saturated carbocycles. The number of ether oxygens (including phenoxy) is 2. The van der Waals surface area contributed by atoms with E-state index in [9.17, 15) is 14.9 Å². The van der Waals surface area contributed by atoms with Crippen LogP contribution in [-0.2, 0) is 18.5 Å². The zero-order chi connectivity index (χ0) is 21.8. The third-order valence-electron chi connectivity index (χ3n) is 5.26. The molecule has 12 nitrogen and oxygen atoms in total. The molecule has 0 aliphatic carbocycles. The van der Waals surface area contributed by atoms with E-state index >= 15 is 0 Å². The predicted octanol–water partition coefficient (Wildman–Crippen LogP) is 0.622. The molecular formula is C17H22N5O7PS. The fraction of sp³-hybridized carbons (Fsp3) is 0.412. The standard InChI is InChI=1S/C17H22N5O7PS/c1-26-13-12-10(6-27-30(24,25)29-12)28-16(13)22-15-11(14(18)19-7-20-15)21-17(22)31-9-4-2-8(23)3-5-9/h2-5,7,10,12-13,16-17,21,23-25,30H,6H2,1H3,(H2,18,19,20)/t10-,12-,13?,16?,17?/m1/s1. The Labute approximate surface area is 182 Å². The summed E-state index contributed by atoms with van der Waals surface area (Å²) in [5, 5.41) is 12.9. The van der Waals surface area contributed by atoms with Crippen molar-refractivity contribution < 1.29 is 33.4 Å². The fourth-order valence-corrected chi connectivity index (χ4v) is 6.03. The number of aromatic nitrogens is 2. The number of hydrogen-bond donors (Lipinski definition) is 5. The molecule has 1 aromatic carbocycles. The van der Waals surface area contributed by atoms with Crippen molar-refractivity contribution in [3.63, 3.8) is 0 Å². The van der Waals surface area contributed by atoms with Crippen LogP contribution < -0.4 is 16.0 Å². The summed E-state index contributed by atoms with van der Waals surface area (Å²) in [7, 11) is -2.74. The predicted molar refractivity (Wildman–Crippen MR) is 113 cm³/mol. The molecule has 6 N–H and O–H groups in total. The molecule has 2 fully saturated rings. The average Bonchev–Trinajstić information content (AvgIpc) is 3.26. The number of phenolic OH excluding ortho intramolecular Hbond substituents is 1. The van der Waals surface area contributed by atoms with Crippen molar-refractivity contribution in [3.05, 3.63) is 30.6 Å². The van der Waals surface area contributed by atoms with Gasteiger partial charge in [-0.1, -0.05) is 0 Å². The molecule has 3 unspecified atom stereocenters. The van der Waals surface area contributed by atoms with Gasteiger partial charge in [0.15, 0.2) is 0 Å². The number of fused-ring (bicyclic) bond motifs is 2. The third kappa shape index (κ3) is 3.77. The van der Waals surface area contributed by atoms with Crippen LogP contribution >= 0.6 is 19.9 Å². The van der Waals surface area contributed by atoms with Gasteiger partial charge in [0.25, 0.3) is 0 Å². The second-order valence-electron chi connectivity index (χ2n) is 7.18. The first-order valence-corrected chi connectivity index (χ1v) is 12.0. The van der Waals surface area contributed by atoms with E-state index in [0.717, 1.165) is 4.90 Å². The molecule has 0 amide bonds. The summed E-state index contributed by atoms with van der Waals surface area (Å²) in [5.41, 5.74) is 6.21. The van der Waals surface area contributed by atoms with Crippen LogP contribution in [0.15, 0.2) is 35.5 Å². The van der Waals surface area contributed by atoms with Gasteiger partial charge in [0.05, 0.1) is 0 Å². The van der Waals surface area contributed by atoms with Crippen LogP contribution in [0, 0.1) is 0 Å². The van der Waals surface area contributed by atoms with E-state index in [0.29, 0.717) is 11.5 Å². The zero-order valence-electron chi connectivity index (χ0n) is 16.3. The van der Waals surface area contributed by atoms with Crippen LogP contribution in [0.2, 0.25) is 0 Å². The minimum atomic E-state index is -4.24. The van der Waals surface area contributed by atoms with Gasteiger partial charge in [-0.05, 0) is 0 Å². The molecule has 5 atom stereocenters. The summed E-state index contributed by atoms with van der Waals surface area (Å²) in [6.45, 7) is -0.0317. The van der Waals surface area contributed by atoms with Crippen LogP contribution in [0.4, 0.5) is 17.3 Å². The molecule has 0 spiro atoms. The van der Waals surface area contributed by atoms with E-state index in [-0.39, 0.29) is 18.2 Å². The Bertz CT molecular complexity index is 970. The molecule has 14 heteroatoms. The number of thioether (sulfide) groups is 1. The number of rotatable bonds is 4. The number of phenols is 1. The fourth-order valence-electron chi connectivity index (χ4n) is 3.88. The van der Waals surface area contributed by atoms with E-state index in [4.69, 9.17) is 24.3 Å². The number of benzene rings is 1. The van der Waals surface area contributed by atoms with Gasteiger partial charge in [-0.3, -0.25) is 0 Å². The quantitative estimate of drug-likeness (QED) is 0.395. The van der Waals surface area contributed by atoms with E-state index in [1.807, 2.05) is 4.90 Å². The summed E-state index contributed by atoms with van der Waals surface area (Å²) >= 11 is 1.45. The zero-order valence-corrected chi connectivity index (χ0v) is 18.1. The van der Waals surface area contributed by atoms with Gasteiger partial charge in [-0.15, -0.1) is 0 Å². The van der Waals surface area contributed by atoms with Crippen molar-refractivity contribution in [2.45, 2.75) is 34.9 Å². The number of methoxy groups -OCH3 is 1. The van der Waals surface area contributed by atoms with Crippen LogP contribution in [0.5, 0.6) is 5.75 Å². The van der Waals surface area contributed by atoms with Gasteiger partial charge in [-0.2, -0.15) is 0 Å². The Morgan fingerprint density at radius 3 is 2.81 bits per heavy atom. The normalized spacial score (nSPS) is 32.2. The van der Waals surface area contributed by atoms with Gasteiger partial charge in [0, 0.05) is 0 Å². The van der Waals surface area contributed by atoms with E-state index < -0.39 is 38.2 Å². The minimum absolute atomic E-state index is 0.0317. The summed E-state index contributed by atoms with van der Waals surface area (Å²) in [4.78, 5) is 31.0. The van der Waals surface area contributed by atoms with Crippen molar-refractivity contribution in [2.75, 3.05) is 29.7 Å². The second-order valence-corrected chi connectivity index (χ2v) is 9.96. The van der Waals surface area contributed by atoms with Gasteiger partial charge in [0.2, 0.25) is 0 Å². The molecule has 0 bridgehead atoms. The molecule has 31 heavy (non-hydrogen) atoms. The van der Waals surface area contributed by atoms with Gasteiger partial charge in [0.1, 0.15) is 0 Å². The molecule has 3 aliphatic heterocycles. The maximum absolute atomic E-state index is 9.90. The molecule has 1 aromatic heterocycles. The van der Waals surface area contributed by atoms with Crippen LogP contribution in [0.1, 0.15) is 0 Å². The van der Waals surface area contributed by atoms with E-state index in [1.54, 1.807) is 24.3 Å². The summed E-state index contributed by atoms with van der Waals surface area (Å²) in [6, 6.07) is 6.77. The molecular weight excluding hydrogens is 449 g/mol. The molecule has 0 radical (unpaired) electrons. The van der Waals surface area contributed by atoms with Gasteiger partial charge < -0.3 is 0 Å². The number of nitrogens with one attached hydrogen (secondary N) is 1. The summed E-state index contributed by atoms with van der Waals surface area (Å²) in [6.07, 6.45) is -1.28. The van der Waals surface area contributed by atoms with Crippen LogP contribution in [0.25, 0.3) is 0 Å². The number of anilines is 3. The van der Waals surface area contributed by atoms with Crippen molar-refractivity contribution in [1.82, 2.24) is 9.97 Å². The van der Waals surface area contributed by atoms with Crippen molar-refractivity contribution >= 4 is 37.3 Å². The average molecular weight is 471 g/mol. The molecule has 4 heterocycles. The van der Waals surface area contributed by atoms with E-state index in [2.05, 4.69) is 15.3 Å². The topological polar surface area (TPSA) is 165 Å². The monoisotopic (exact) mass is 471 g/mol. The van der Waals surface area contributed by atoms with Crippen molar-refractivity contribution in [1.29, 1.82) is 0 Å². The van der Waals surface area contributed by atoms with E-state index in [1.165, 1.54) is 25.2 Å². The van der Waals surface area contributed by atoms with Crippen LogP contribution in [-0.4, -0.2) is 68.6 Å². The third-order valence-corrected chi connectivity index (χ3v) is 7.50.